The molecule has 0 N–H and O–H groups in total. The maximum Gasteiger partial charge on any atom is 0.0850 e. The third kappa shape index (κ3) is 5.76. The van der Waals surface area contributed by atoms with Crippen molar-refractivity contribution in [1.82, 2.24) is 0 Å². The number of alkyl halides is 4. The second-order valence-electron chi connectivity index (χ2n) is 4.07. The zero-order valence-electron chi connectivity index (χ0n) is 8.80. The number of allylic oxidation sites excluding steroid dienone is 1. The smallest absolute Gasteiger partial charge is 0.0850 e. The van der Waals surface area contributed by atoms with Crippen LogP contribution in [0.3, 0.4) is 0 Å². The maximum atomic E-state index is 6.40. The Morgan fingerprint density at radius 3 is 2.13 bits per heavy atom. The first-order valence-corrected chi connectivity index (χ1v) is 8.15. The molecule has 2 atom stereocenters. The van der Waals surface area contributed by atoms with Gasteiger partial charge in [-0.1, -0.05) is 54.4 Å². The number of rotatable bonds is 6. The van der Waals surface area contributed by atoms with Crippen LogP contribution in [-0.4, -0.2) is 19.9 Å². The molecule has 0 aromatic rings. The second-order valence-corrected chi connectivity index (χ2v) is 8.40. The summed E-state index contributed by atoms with van der Waals surface area (Å²) in [5, 5.41) is 0.675. The normalized spacial score (nSPS) is 18.3. The standard InChI is InChI=1S/C10H15Br3Cl2/c1-7(12)10(15,6-11)5-4-8(13)9(2,3)14/h8H,1,4-6H2,2-3H3. The molecule has 0 amide bonds. The van der Waals surface area contributed by atoms with Gasteiger partial charge in [0.25, 0.3) is 0 Å². The summed E-state index contributed by atoms with van der Waals surface area (Å²) in [5.74, 6) is 0. The lowest BCUT2D eigenvalue weighted by Gasteiger charge is -2.28. The van der Waals surface area contributed by atoms with Gasteiger partial charge in [0.15, 0.2) is 0 Å². The first kappa shape index (κ1) is 16.8. The van der Waals surface area contributed by atoms with Crippen LogP contribution in [0.2, 0.25) is 0 Å². The van der Waals surface area contributed by atoms with E-state index in [0.717, 1.165) is 17.3 Å². The molecule has 0 spiro atoms. The van der Waals surface area contributed by atoms with Gasteiger partial charge in [-0.05, 0) is 26.7 Å². The Balaban J connectivity index is 4.31. The Morgan fingerprint density at radius 2 is 1.87 bits per heavy atom. The van der Waals surface area contributed by atoms with Gasteiger partial charge in [0.1, 0.15) is 0 Å². The molecule has 0 saturated heterocycles. The zero-order chi connectivity index (χ0) is 12.3. The molecule has 2 unspecified atom stereocenters. The largest absolute Gasteiger partial charge is 0.119 e. The highest BCUT2D eigenvalue weighted by Gasteiger charge is 2.32. The number of hydrogen-bond acceptors (Lipinski definition) is 0. The molecular formula is C10H15Br3Cl2. The van der Waals surface area contributed by atoms with Crippen LogP contribution in [0, 0.1) is 0 Å². The summed E-state index contributed by atoms with van der Waals surface area (Å²) in [4.78, 5) is -0.470. The van der Waals surface area contributed by atoms with Gasteiger partial charge in [-0.2, -0.15) is 0 Å². The number of hydrogen-bond donors (Lipinski definition) is 0. The minimum Gasteiger partial charge on any atom is -0.119 e. The molecule has 0 aromatic heterocycles. The Hall–Kier alpha value is 1.76. The highest BCUT2D eigenvalue weighted by molar-refractivity contribution is 9.12. The van der Waals surface area contributed by atoms with Gasteiger partial charge < -0.3 is 0 Å². The lowest BCUT2D eigenvalue weighted by Crippen LogP contribution is -2.30. The molecule has 0 rings (SSSR count). The van der Waals surface area contributed by atoms with Crippen LogP contribution in [-0.2, 0) is 0 Å². The van der Waals surface area contributed by atoms with E-state index in [1.54, 1.807) is 0 Å². The van der Waals surface area contributed by atoms with Crippen molar-refractivity contribution < 1.29 is 0 Å². The van der Waals surface area contributed by atoms with Crippen molar-refractivity contribution in [2.45, 2.75) is 41.3 Å². The van der Waals surface area contributed by atoms with Crippen molar-refractivity contribution in [2.75, 3.05) is 5.33 Å². The summed E-state index contributed by atoms with van der Waals surface area (Å²) in [6.07, 6.45) is 1.71. The van der Waals surface area contributed by atoms with E-state index in [9.17, 15) is 0 Å². The van der Waals surface area contributed by atoms with Gasteiger partial charge in [-0.15, -0.1) is 23.2 Å². The third-order valence-corrected chi connectivity index (χ3v) is 7.18. The summed E-state index contributed by atoms with van der Waals surface area (Å²) < 4.78 is 0.806. The predicted molar refractivity (Wildman–Crippen MR) is 82.3 cm³/mol. The highest BCUT2D eigenvalue weighted by atomic mass is 79.9. The van der Waals surface area contributed by atoms with Crippen molar-refractivity contribution in [3.05, 3.63) is 11.1 Å². The average Bonchev–Trinajstić information content (AvgIpc) is 2.11. The zero-order valence-corrected chi connectivity index (χ0v) is 15.1. The molecule has 0 aliphatic carbocycles. The van der Waals surface area contributed by atoms with Crippen molar-refractivity contribution in [3.8, 4) is 0 Å². The van der Waals surface area contributed by atoms with Gasteiger partial charge >= 0.3 is 0 Å². The quantitative estimate of drug-likeness (QED) is 0.451. The van der Waals surface area contributed by atoms with Gasteiger partial charge in [-0.3, -0.25) is 0 Å². The fourth-order valence-electron chi connectivity index (χ4n) is 0.974. The summed E-state index contributed by atoms with van der Waals surface area (Å²) in [5.41, 5.74) is 0. The molecule has 0 bridgehead atoms. The molecule has 0 aromatic carbocycles. The Labute approximate surface area is 128 Å². The van der Waals surface area contributed by atoms with Gasteiger partial charge in [0.05, 0.1) is 9.75 Å². The summed E-state index contributed by atoms with van der Waals surface area (Å²) >= 11 is 22.9. The molecular weight excluding hydrogens is 431 g/mol. The topological polar surface area (TPSA) is 0 Å². The molecule has 0 aliphatic rings. The minimum atomic E-state index is -0.436. The first-order chi connectivity index (χ1) is 6.63. The van der Waals surface area contributed by atoms with E-state index in [2.05, 4.69) is 54.4 Å². The Morgan fingerprint density at radius 1 is 1.40 bits per heavy atom. The van der Waals surface area contributed by atoms with Gasteiger partial charge in [-0.25, -0.2) is 0 Å². The van der Waals surface area contributed by atoms with Crippen LogP contribution in [0.4, 0.5) is 0 Å². The van der Waals surface area contributed by atoms with E-state index in [0.29, 0.717) is 5.33 Å². The maximum absolute atomic E-state index is 6.40. The summed E-state index contributed by atoms with van der Waals surface area (Å²) in [7, 11) is 0. The second kappa shape index (κ2) is 6.63. The van der Waals surface area contributed by atoms with E-state index >= 15 is 0 Å². The van der Waals surface area contributed by atoms with Crippen LogP contribution < -0.4 is 0 Å². The van der Waals surface area contributed by atoms with Crippen LogP contribution >= 0.6 is 71.0 Å². The SMILES string of the molecule is C=C(Br)C(Cl)(CBr)CCC(Br)C(C)(C)Cl. The Kier molecular flexibility index (Phi) is 7.41. The Bertz CT molecular complexity index is 225. The van der Waals surface area contributed by atoms with E-state index in [-0.39, 0.29) is 9.70 Å². The van der Waals surface area contributed by atoms with E-state index < -0.39 is 4.87 Å². The summed E-state index contributed by atoms with van der Waals surface area (Å²) in [6, 6.07) is 0. The van der Waals surface area contributed by atoms with Crippen molar-refractivity contribution in [3.63, 3.8) is 0 Å². The summed E-state index contributed by atoms with van der Waals surface area (Å²) in [6.45, 7) is 7.82. The molecule has 0 radical (unpaired) electrons. The molecule has 0 heterocycles. The molecule has 5 heteroatoms. The molecule has 0 saturated carbocycles. The predicted octanol–water partition coefficient (Wildman–Crippen LogP) is 5.83. The van der Waals surface area contributed by atoms with Gasteiger partial charge in [0, 0.05) is 14.6 Å². The monoisotopic (exact) mass is 442 g/mol. The lowest BCUT2D eigenvalue weighted by molar-refractivity contribution is 0.561. The average molecular weight is 446 g/mol. The molecule has 90 valence electrons. The van der Waals surface area contributed by atoms with Crippen LogP contribution in [0.15, 0.2) is 11.1 Å². The van der Waals surface area contributed by atoms with E-state index in [4.69, 9.17) is 23.2 Å². The van der Waals surface area contributed by atoms with Gasteiger partial charge in [0.2, 0.25) is 0 Å². The van der Waals surface area contributed by atoms with Crippen LogP contribution in [0.1, 0.15) is 26.7 Å². The van der Waals surface area contributed by atoms with Crippen molar-refractivity contribution in [1.29, 1.82) is 0 Å². The highest BCUT2D eigenvalue weighted by Crippen LogP contribution is 2.38. The molecule has 0 aliphatic heterocycles. The fraction of sp³-hybridized carbons (Fsp3) is 0.800. The third-order valence-electron chi connectivity index (χ3n) is 2.24. The van der Waals surface area contributed by atoms with E-state index in [1.807, 2.05) is 13.8 Å². The van der Waals surface area contributed by atoms with Crippen molar-refractivity contribution in [2.24, 2.45) is 0 Å². The van der Waals surface area contributed by atoms with Crippen LogP contribution in [0.5, 0.6) is 0 Å². The molecule has 0 fully saturated rings. The molecule has 15 heavy (non-hydrogen) atoms. The van der Waals surface area contributed by atoms with E-state index in [1.165, 1.54) is 0 Å². The minimum absolute atomic E-state index is 0.232. The molecule has 0 nitrogen and oxygen atoms in total. The van der Waals surface area contributed by atoms with Crippen molar-refractivity contribution >= 4 is 71.0 Å². The first-order valence-electron chi connectivity index (χ1n) is 4.56. The fourth-order valence-corrected chi connectivity index (χ4v) is 2.75. The lowest BCUT2D eigenvalue weighted by atomic mass is 9.98. The van der Waals surface area contributed by atoms with Crippen LogP contribution in [0.25, 0.3) is 0 Å². The number of halogens is 5.